The minimum absolute atomic E-state index is 0.229. The van der Waals surface area contributed by atoms with E-state index in [1.54, 1.807) is 30.0 Å². The third kappa shape index (κ3) is 5.18. The van der Waals surface area contributed by atoms with Crippen LogP contribution in [0.4, 0.5) is 10.2 Å². The van der Waals surface area contributed by atoms with Crippen LogP contribution in [0.1, 0.15) is 12.8 Å². The fraction of sp³-hybridized carbons (Fsp3) is 0.409. The zero-order valence-electron chi connectivity index (χ0n) is 17.6. The van der Waals surface area contributed by atoms with Crippen molar-refractivity contribution in [1.29, 1.82) is 0 Å². The van der Waals surface area contributed by atoms with Crippen LogP contribution in [0.25, 0.3) is 17.2 Å². The standard InChI is InChI=1S/C22H27FN6O2/c1-16(15-31-11-10-30-2)28-9-3-4-18(14-28)26-20-7-8-24-22(27-20)19-12-25-21-6-5-17(23)13-29(19)21/h5-8,12-13,18H,1,3-4,9-11,14-15H2,2H3,(H,24,26,27). The van der Waals surface area contributed by atoms with Crippen LogP contribution in [0.3, 0.4) is 0 Å². The van der Waals surface area contributed by atoms with Crippen LogP contribution in [0.15, 0.2) is 49.1 Å². The number of piperidine rings is 1. The number of nitrogens with zero attached hydrogens (tertiary/aromatic N) is 5. The number of hydrogen-bond acceptors (Lipinski definition) is 7. The van der Waals surface area contributed by atoms with Crippen molar-refractivity contribution in [1.82, 2.24) is 24.3 Å². The number of aromatic nitrogens is 4. The maximum absolute atomic E-state index is 13.7. The van der Waals surface area contributed by atoms with Crippen LogP contribution >= 0.6 is 0 Å². The lowest BCUT2D eigenvalue weighted by molar-refractivity contribution is 0.0710. The molecule has 1 fully saturated rings. The third-order valence-electron chi connectivity index (χ3n) is 5.28. The second-order valence-corrected chi connectivity index (χ2v) is 7.53. The monoisotopic (exact) mass is 426 g/mol. The number of anilines is 1. The number of pyridine rings is 1. The van der Waals surface area contributed by atoms with E-state index in [0.29, 0.717) is 37.0 Å². The van der Waals surface area contributed by atoms with E-state index >= 15 is 0 Å². The summed E-state index contributed by atoms with van der Waals surface area (Å²) in [7, 11) is 1.66. The van der Waals surface area contributed by atoms with Crippen molar-refractivity contribution < 1.29 is 13.9 Å². The lowest BCUT2D eigenvalue weighted by atomic mass is 10.1. The van der Waals surface area contributed by atoms with Crippen molar-refractivity contribution in [3.8, 4) is 11.5 Å². The van der Waals surface area contributed by atoms with Gasteiger partial charge >= 0.3 is 0 Å². The second-order valence-electron chi connectivity index (χ2n) is 7.53. The van der Waals surface area contributed by atoms with Gasteiger partial charge in [-0.05, 0) is 31.0 Å². The first kappa shape index (κ1) is 21.2. The molecule has 0 radical (unpaired) electrons. The minimum Gasteiger partial charge on any atom is -0.382 e. The molecule has 31 heavy (non-hydrogen) atoms. The fourth-order valence-electron chi connectivity index (χ4n) is 3.70. The van der Waals surface area contributed by atoms with Crippen LogP contribution in [0.2, 0.25) is 0 Å². The largest absolute Gasteiger partial charge is 0.382 e. The highest BCUT2D eigenvalue weighted by atomic mass is 19.1. The number of imidazole rings is 1. The molecule has 1 saturated heterocycles. The van der Waals surface area contributed by atoms with E-state index in [0.717, 1.165) is 37.4 Å². The first-order valence-corrected chi connectivity index (χ1v) is 10.4. The quantitative estimate of drug-likeness (QED) is 0.527. The molecule has 0 aliphatic carbocycles. The molecule has 164 valence electrons. The Morgan fingerprint density at radius 1 is 1.29 bits per heavy atom. The van der Waals surface area contributed by atoms with Gasteiger partial charge in [-0.15, -0.1) is 0 Å². The van der Waals surface area contributed by atoms with E-state index in [2.05, 4.69) is 31.7 Å². The fourth-order valence-corrected chi connectivity index (χ4v) is 3.70. The molecule has 8 nitrogen and oxygen atoms in total. The Morgan fingerprint density at radius 3 is 3.06 bits per heavy atom. The molecule has 0 bridgehead atoms. The van der Waals surface area contributed by atoms with Gasteiger partial charge in [-0.25, -0.2) is 19.3 Å². The topological polar surface area (TPSA) is 76.8 Å². The third-order valence-corrected chi connectivity index (χ3v) is 5.28. The minimum atomic E-state index is -0.338. The van der Waals surface area contributed by atoms with Gasteiger partial charge in [-0.2, -0.15) is 0 Å². The molecule has 1 aliphatic rings. The number of nitrogens with one attached hydrogen (secondary N) is 1. The number of halogens is 1. The molecule has 0 aromatic carbocycles. The summed E-state index contributed by atoms with van der Waals surface area (Å²) >= 11 is 0. The number of rotatable bonds is 9. The second kappa shape index (κ2) is 9.84. The highest BCUT2D eigenvalue weighted by molar-refractivity contribution is 5.58. The first-order valence-electron chi connectivity index (χ1n) is 10.4. The Morgan fingerprint density at radius 2 is 2.19 bits per heavy atom. The molecule has 1 unspecified atom stereocenters. The molecule has 0 amide bonds. The van der Waals surface area contributed by atoms with Gasteiger partial charge < -0.3 is 19.7 Å². The SMILES string of the molecule is C=C(COCCOC)N1CCCC(Nc2ccnc(-c3cnc4ccc(F)cn34)n2)C1. The Hall–Kier alpha value is -3.04. The molecule has 4 rings (SSSR count). The van der Waals surface area contributed by atoms with Gasteiger partial charge in [0.1, 0.15) is 23.0 Å². The normalized spacial score (nSPS) is 16.6. The molecule has 4 heterocycles. The first-order chi connectivity index (χ1) is 15.1. The van der Waals surface area contributed by atoms with Gasteiger partial charge in [-0.1, -0.05) is 6.58 Å². The van der Waals surface area contributed by atoms with Crippen molar-refractivity contribution in [2.24, 2.45) is 0 Å². The predicted molar refractivity (Wildman–Crippen MR) is 116 cm³/mol. The van der Waals surface area contributed by atoms with E-state index in [1.165, 1.54) is 12.3 Å². The smallest absolute Gasteiger partial charge is 0.180 e. The maximum atomic E-state index is 13.7. The highest BCUT2D eigenvalue weighted by Gasteiger charge is 2.21. The van der Waals surface area contributed by atoms with Crippen LogP contribution in [-0.2, 0) is 9.47 Å². The van der Waals surface area contributed by atoms with Gasteiger partial charge in [0.15, 0.2) is 5.82 Å². The number of ether oxygens (including phenoxy) is 2. The molecular formula is C22H27FN6O2. The molecular weight excluding hydrogens is 399 g/mol. The van der Waals surface area contributed by atoms with Crippen molar-refractivity contribution >= 4 is 11.5 Å². The summed E-state index contributed by atoms with van der Waals surface area (Å²) in [5.74, 6) is 0.881. The van der Waals surface area contributed by atoms with E-state index in [4.69, 9.17) is 9.47 Å². The Labute approximate surface area is 180 Å². The van der Waals surface area contributed by atoms with Crippen molar-refractivity contribution in [2.45, 2.75) is 18.9 Å². The van der Waals surface area contributed by atoms with E-state index in [1.807, 2.05) is 6.07 Å². The average molecular weight is 426 g/mol. The van der Waals surface area contributed by atoms with Gasteiger partial charge in [0.05, 0.1) is 26.0 Å². The van der Waals surface area contributed by atoms with E-state index in [9.17, 15) is 4.39 Å². The molecule has 3 aromatic rings. The summed E-state index contributed by atoms with van der Waals surface area (Å²) in [6.07, 6.45) is 6.84. The number of fused-ring (bicyclic) bond motifs is 1. The summed E-state index contributed by atoms with van der Waals surface area (Å²) in [5.41, 5.74) is 2.26. The maximum Gasteiger partial charge on any atom is 0.180 e. The van der Waals surface area contributed by atoms with Crippen LogP contribution in [0, 0.1) is 5.82 Å². The molecule has 9 heteroatoms. The lowest BCUT2D eigenvalue weighted by Gasteiger charge is -2.36. The molecule has 0 spiro atoms. The van der Waals surface area contributed by atoms with E-state index < -0.39 is 0 Å². The summed E-state index contributed by atoms with van der Waals surface area (Å²) in [6, 6.07) is 5.08. The van der Waals surface area contributed by atoms with Crippen LogP contribution in [0.5, 0.6) is 0 Å². The molecule has 0 saturated carbocycles. The van der Waals surface area contributed by atoms with Crippen molar-refractivity contribution in [3.05, 3.63) is 54.9 Å². The van der Waals surface area contributed by atoms with Gasteiger partial charge in [0, 0.05) is 44.3 Å². The molecule has 3 aromatic heterocycles. The van der Waals surface area contributed by atoms with Crippen LogP contribution in [-0.4, -0.2) is 70.3 Å². The molecule has 1 aliphatic heterocycles. The molecule has 1 N–H and O–H groups in total. The van der Waals surface area contributed by atoms with E-state index in [-0.39, 0.29) is 11.9 Å². The summed E-state index contributed by atoms with van der Waals surface area (Å²) in [6.45, 7) is 7.59. The number of likely N-dealkylation sites (tertiary alicyclic amines) is 1. The number of hydrogen-bond donors (Lipinski definition) is 1. The predicted octanol–water partition coefficient (Wildman–Crippen LogP) is 2.98. The Balaban J connectivity index is 1.41. The van der Waals surface area contributed by atoms with Crippen LogP contribution < -0.4 is 5.32 Å². The number of methoxy groups -OCH3 is 1. The summed E-state index contributed by atoms with van der Waals surface area (Å²) in [4.78, 5) is 15.6. The summed E-state index contributed by atoms with van der Waals surface area (Å²) < 4.78 is 25.9. The lowest BCUT2D eigenvalue weighted by Crippen LogP contribution is -2.42. The van der Waals surface area contributed by atoms with Gasteiger partial charge in [0.2, 0.25) is 0 Å². The summed E-state index contributed by atoms with van der Waals surface area (Å²) in [5, 5.41) is 3.51. The Kier molecular flexibility index (Phi) is 6.73. The zero-order chi connectivity index (χ0) is 21.6. The zero-order valence-corrected chi connectivity index (χ0v) is 17.6. The average Bonchev–Trinajstić information content (AvgIpc) is 3.20. The van der Waals surface area contributed by atoms with Gasteiger partial charge in [0.25, 0.3) is 0 Å². The van der Waals surface area contributed by atoms with Crippen molar-refractivity contribution in [3.63, 3.8) is 0 Å². The van der Waals surface area contributed by atoms with Gasteiger partial charge in [-0.3, -0.25) is 4.40 Å². The Bertz CT molecular complexity index is 1040. The van der Waals surface area contributed by atoms with Crippen molar-refractivity contribution in [2.75, 3.05) is 45.3 Å². The highest BCUT2D eigenvalue weighted by Crippen LogP contribution is 2.21. The molecule has 1 atom stereocenters.